The number of benzene rings is 1. The minimum atomic E-state index is 0. The number of nitrogens with one attached hydrogen (secondary N) is 2. The maximum atomic E-state index is 4.85. The predicted octanol–water partition coefficient (Wildman–Crippen LogP) is 3.54. The van der Waals surface area contributed by atoms with Gasteiger partial charge in [0.1, 0.15) is 0 Å². The summed E-state index contributed by atoms with van der Waals surface area (Å²) in [7, 11) is 2.15. The van der Waals surface area contributed by atoms with Crippen molar-refractivity contribution in [1.82, 2.24) is 20.4 Å². The summed E-state index contributed by atoms with van der Waals surface area (Å²) < 4.78 is 0. The summed E-state index contributed by atoms with van der Waals surface area (Å²) >= 11 is 0. The smallest absolute Gasteiger partial charge is 0.191 e. The molecule has 0 aliphatic carbocycles. The highest BCUT2D eigenvalue weighted by atomic mass is 127. The number of aliphatic imine (C=N–C) groups is 1. The molecule has 2 atom stereocenters. The Bertz CT molecular complexity index is 604. The van der Waals surface area contributed by atoms with Gasteiger partial charge in [0.15, 0.2) is 5.96 Å². The summed E-state index contributed by atoms with van der Waals surface area (Å²) in [6.07, 6.45) is 0. The molecule has 0 saturated carbocycles. The monoisotopic (exact) mass is 501 g/mol. The summed E-state index contributed by atoms with van der Waals surface area (Å²) in [6, 6.07) is 9.84. The van der Waals surface area contributed by atoms with Crippen LogP contribution in [0.2, 0.25) is 0 Å². The molecule has 0 aromatic heterocycles. The Morgan fingerprint density at radius 2 is 1.96 bits per heavy atom. The molecule has 1 saturated heterocycles. The largest absolute Gasteiger partial charge is 0.357 e. The molecular weight excluding hydrogens is 461 g/mol. The second-order valence-corrected chi connectivity index (χ2v) is 8.12. The van der Waals surface area contributed by atoms with E-state index in [2.05, 4.69) is 86.4 Å². The van der Waals surface area contributed by atoms with Crippen molar-refractivity contribution in [3.05, 3.63) is 35.4 Å². The second kappa shape index (κ2) is 12.6. The molecule has 1 aliphatic heterocycles. The molecule has 0 bridgehead atoms. The van der Waals surface area contributed by atoms with Gasteiger partial charge in [-0.3, -0.25) is 4.90 Å². The van der Waals surface area contributed by atoms with Crippen LogP contribution < -0.4 is 10.6 Å². The number of hydrogen-bond acceptors (Lipinski definition) is 3. The van der Waals surface area contributed by atoms with Gasteiger partial charge < -0.3 is 15.5 Å². The Hall–Kier alpha value is -0.860. The van der Waals surface area contributed by atoms with Gasteiger partial charge in [-0.1, -0.05) is 38.1 Å². The molecule has 2 rings (SSSR count). The molecule has 1 aromatic rings. The van der Waals surface area contributed by atoms with Crippen molar-refractivity contribution >= 4 is 29.9 Å². The minimum Gasteiger partial charge on any atom is -0.357 e. The fraction of sp³-hybridized carbons (Fsp3) is 0.682. The predicted molar refractivity (Wildman–Crippen MR) is 131 cm³/mol. The fourth-order valence-corrected chi connectivity index (χ4v) is 3.53. The average molecular weight is 502 g/mol. The highest BCUT2D eigenvalue weighted by Gasteiger charge is 2.31. The average Bonchev–Trinajstić information content (AvgIpc) is 3.01. The van der Waals surface area contributed by atoms with E-state index >= 15 is 0 Å². The second-order valence-electron chi connectivity index (χ2n) is 8.12. The molecule has 160 valence electrons. The third kappa shape index (κ3) is 7.87. The Morgan fingerprint density at radius 3 is 2.57 bits per heavy atom. The molecule has 0 spiro atoms. The lowest BCUT2D eigenvalue weighted by atomic mass is 10.1. The molecular formula is C22H40IN5. The number of hydrogen-bond donors (Lipinski definition) is 2. The van der Waals surface area contributed by atoms with Gasteiger partial charge in [-0.15, -0.1) is 24.0 Å². The van der Waals surface area contributed by atoms with Crippen molar-refractivity contribution in [2.75, 3.05) is 33.2 Å². The van der Waals surface area contributed by atoms with Gasteiger partial charge in [-0.2, -0.15) is 0 Å². The molecule has 0 radical (unpaired) electrons. The van der Waals surface area contributed by atoms with Gasteiger partial charge in [-0.05, 0) is 51.4 Å². The zero-order valence-corrected chi connectivity index (χ0v) is 20.9. The zero-order chi connectivity index (χ0) is 19.8. The van der Waals surface area contributed by atoms with Crippen LogP contribution in [-0.4, -0.2) is 61.1 Å². The lowest BCUT2D eigenvalue weighted by molar-refractivity contribution is 0.265. The van der Waals surface area contributed by atoms with E-state index in [1.807, 2.05) is 0 Å². The Kier molecular flexibility index (Phi) is 11.4. The van der Waals surface area contributed by atoms with E-state index in [1.54, 1.807) is 0 Å². The quantitative estimate of drug-likeness (QED) is 0.325. The maximum absolute atomic E-state index is 4.85. The van der Waals surface area contributed by atoms with E-state index in [1.165, 1.54) is 11.1 Å². The Labute approximate surface area is 189 Å². The molecule has 0 amide bonds. The van der Waals surface area contributed by atoms with E-state index < -0.39 is 0 Å². The molecule has 5 nitrogen and oxygen atoms in total. The first-order chi connectivity index (χ1) is 12.9. The first kappa shape index (κ1) is 25.2. The number of rotatable bonds is 8. The van der Waals surface area contributed by atoms with Crippen molar-refractivity contribution in [1.29, 1.82) is 0 Å². The zero-order valence-electron chi connectivity index (χ0n) is 18.5. The van der Waals surface area contributed by atoms with Crippen molar-refractivity contribution in [3.63, 3.8) is 0 Å². The van der Waals surface area contributed by atoms with Gasteiger partial charge in [0, 0.05) is 38.3 Å². The van der Waals surface area contributed by atoms with Gasteiger partial charge >= 0.3 is 0 Å². The van der Waals surface area contributed by atoms with E-state index in [0.29, 0.717) is 24.5 Å². The molecule has 2 unspecified atom stereocenters. The maximum Gasteiger partial charge on any atom is 0.191 e. The topological polar surface area (TPSA) is 42.9 Å². The van der Waals surface area contributed by atoms with Gasteiger partial charge in [0.2, 0.25) is 0 Å². The molecule has 28 heavy (non-hydrogen) atoms. The van der Waals surface area contributed by atoms with Gasteiger partial charge in [-0.25, -0.2) is 4.99 Å². The molecule has 1 heterocycles. The van der Waals surface area contributed by atoms with Crippen molar-refractivity contribution in [3.8, 4) is 0 Å². The number of likely N-dealkylation sites (tertiary alicyclic amines) is 1. The summed E-state index contributed by atoms with van der Waals surface area (Å²) in [5.74, 6) is 1.56. The SMILES string of the molecule is CCNC(=NCc1cccc(CN(C)CC)c1)NC1CN(C(C)C)CC1C.I. The van der Waals surface area contributed by atoms with E-state index in [9.17, 15) is 0 Å². The number of halogens is 1. The Balaban J connectivity index is 0.00000392. The highest BCUT2D eigenvalue weighted by molar-refractivity contribution is 14.0. The fourth-order valence-electron chi connectivity index (χ4n) is 3.53. The van der Waals surface area contributed by atoms with Crippen LogP contribution in [0.25, 0.3) is 0 Å². The van der Waals surface area contributed by atoms with Crippen LogP contribution in [0.1, 0.15) is 45.7 Å². The van der Waals surface area contributed by atoms with Crippen LogP contribution >= 0.6 is 24.0 Å². The normalized spacial score (nSPS) is 20.5. The first-order valence-electron chi connectivity index (χ1n) is 10.5. The van der Waals surface area contributed by atoms with Crippen LogP contribution in [0.15, 0.2) is 29.3 Å². The van der Waals surface area contributed by atoms with Crippen molar-refractivity contribution in [2.24, 2.45) is 10.9 Å². The van der Waals surface area contributed by atoms with E-state index in [-0.39, 0.29) is 24.0 Å². The summed E-state index contributed by atoms with van der Waals surface area (Å²) in [6.45, 7) is 17.1. The summed E-state index contributed by atoms with van der Waals surface area (Å²) in [5, 5.41) is 7.08. The molecule has 1 aliphatic rings. The third-order valence-corrected chi connectivity index (χ3v) is 5.44. The first-order valence-corrected chi connectivity index (χ1v) is 10.5. The summed E-state index contributed by atoms with van der Waals surface area (Å²) in [5.41, 5.74) is 2.61. The molecule has 1 aromatic carbocycles. The highest BCUT2D eigenvalue weighted by Crippen LogP contribution is 2.18. The van der Waals surface area contributed by atoms with Crippen LogP contribution in [0.5, 0.6) is 0 Å². The number of nitrogens with zero attached hydrogens (tertiary/aromatic N) is 3. The van der Waals surface area contributed by atoms with Crippen LogP contribution in [0.4, 0.5) is 0 Å². The van der Waals surface area contributed by atoms with Crippen molar-refractivity contribution < 1.29 is 0 Å². The third-order valence-electron chi connectivity index (χ3n) is 5.44. The van der Waals surface area contributed by atoms with Gasteiger partial charge in [0.25, 0.3) is 0 Å². The molecule has 6 heteroatoms. The lowest BCUT2D eigenvalue weighted by Gasteiger charge is -2.22. The standard InChI is InChI=1S/C22H39N5.HI/c1-7-23-22(25-21-16-27(17(3)4)14-18(21)5)24-13-19-10-9-11-20(12-19)15-26(6)8-2;/h9-12,17-18,21H,7-8,13-16H2,1-6H3,(H2,23,24,25);1H. The van der Waals surface area contributed by atoms with Crippen LogP contribution in [0.3, 0.4) is 0 Å². The summed E-state index contributed by atoms with van der Waals surface area (Å²) in [4.78, 5) is 9.71. The molecule has 1 fully saturated rings. The molecule has 2 N–H and O–H groups in total. The van der Waals surface area contributed by atoms with Gasteiger partial charge in [0.05, 0.1) is 6.54 Å². The van der Waals surface area contributed by atoms with Crippen LogP contribution in [-0.2, 0) is 13.1 Å². The minimum absolute atomic E-state index is 0. The van der Waals surface area contributed by atoms with E-state index in [4.69, 9.17) is 4.99 Å². The Morgan fingerprint density at radius 1 is 1.25 bits per heavy atom. The van der Waals surface area contributed by atoms with Crippen LogP contribution in [0, 0.1) is 5.92 Å². The number of guanidine groups is 1. The van der Waals surface area contributed by atoms with Crippen molar-refractivity contribution in [2.45, 2.75) is 59.8 Å². The van der Waals surface area contributed by atoms with E-state index in [0.717, 1.165) is 38.7 Å². The lowest BCUT2D eigenvalue weighted by Crippen LogP contribution is -2.46.